The van der Waals surface area contributed by atoms with Crippen LogP contribution in [0, 0.1) is 0 Å². The highest BCUT2D eigenvalue weighted by molar-refractivity contribution is 5.96. The molecule has 0 aliphatic rings. The quantitative estimate of drug-likeness (QED) is 0.870. The Morgan fingerprint density at radius 1 is 1.40 bits per heavy atom. The van der Waals surface area contributed by atoms with Crippen LogP contribution in [0.3, 0.4) is 0 Å². The van der Waals surface area contributed by atoms with Crippen LogP contribution in [0.15, 0.2) is 24.5 Å². The molecule has 20 heavy (non-hydrogen) atoms. The van der Waals surface area contributed by atoms with E-state index in [4.69, 9.17) is 9.84 Å². The first-order chi connectivity index (χ1) is 9.43. The normalized spacial score (nSPS) is 11.6. The summed E-state index contributed by atoms with van der Waals surface area (Å²) in [5.74, 6) is -0.308. The van der Waals surface area contributed by atoms with Crippen LogP contribution < -0.4 is 5.32 Å². The first-order valence-electron chi connectivity index (χ1n) is 6.20. The number of hydrogen-bond donors (Lipinski definition) is 2. The number of carboxylic acids is 1. The van der Waals surface area contributed by atoms with Crippen LogP contribution in [0.2, 0.25) is 0 Å². The number of nitrogens with one attached hydrogen (secondary N) is 1. The summed E-state index contributed by atoms with van der Waals surface area (Å²) in [4.78, 5) is 19.2. The van der Waals surface area contributed by atoms with Gasteiger partial charge in [-0.1, -0.05) is 0 Å². The number of aromatic nitrogens is 2. The maximum absolute atomic E-state index is 11.0. The number of nitrogens with zero attached hydrogens (tertiary/aromatic N) is 2. The van der Waals surface area contributed by atoms with Gasteiger partial charge in [0, 0.05) is 19.0 Å². The molecule has 0 atom stereocenters. The molecule has 2 N–H and O–H groups in total. The van der Waals surface area contributed by atoms with Gasteiger partial charge in [0.25, 0.3) is 0 Å². The summed E-state index contributed by atoms with van der Waals surface area (Å²) in [5.41, 5.74) is 0.482. The molecule has 0 aliphatic carbocycles. The Kier molecular flexibility index (Phi) is 3.85. The van der Waals surface area contributed by atoms with Gasteiger partial charge in [0.2, 0.25) is 0 Å². The average Bonchev–Trinajstić information content (AvgIpc) is 2.44. The van der Waals surface area contributed by atoms with Crippen LogP contribution in [0.4, 0.5) is 5.82 Å². The molecule has 2 aromatic rings. The SMILES string of the molecule is COC(C)(C)CNc1ncnc2cc(C(=O)O)ccc12. The second-order valence-electron chi connectivity index (χ2n) is 5.08. The van der Waals surface area contributed by atoms with Crippen LogP contribution >= 0.6 is 0 Å². The van der Waals surface area contributed by atoms with Gasteiger partial charge in [-0.3, -0.25) is 0 Å². The van der Waals surface area contributed by atoms with E-state index in [-0.39, 0.29) is 11.2 Å². The van der Waals surface area contributed by atoms with E-state index in [1.165, 1.54) is 12.4 Å². The number of aromatic carboxylic acids is 1. The monoisotopic (exact) mass is 275 g/mol. The first kappa shape index (κ1) is 14.2. The lowest BCUT2D eigenvalue weighted by Gasteiger charge is -2.23. The van der Waals surface area contributed by atoms with Crippen molar-refractivity contribution in [2.75, 3.05) is 19.0 Å². The van der Waals surface area contributed by atoms with E-state index < -0.39 is 5.97 Å². The zero-order chi connectivity index (χ0) is 14.8. The molecule has 106 valence electrons. The lowest BCUT2D eigenvalue weighted by Crippen LogP contribution is -2.32. The van der Waals surface area contributed by atoms with Gasteiger partial charge in [0.1, 0.15) is 12.1 Å². The fourth-order valence-corrected chi connectivity index (χ4v) is 1.70. The van der Waals surface area contributed by atoms with Crippen LogP contribution in [-0.2, 0) is 4.74 Å². The summed E-state index contributed by atoms with van der Waals surface area (Å²) in [6.45, 7) is 4.51. The standard InChI is InChI=1S/C14H17N3O3/c1-14(2,20-3)7-15-12-10-5-4-9(13(18)19)6-11(10)16-8-17-12/h4-6,8H,7H2,1-3H3,(H,18,19)(H,15,16,17). The number of rotatable bonds is 5. The topological polar surface area (TPSA) is 84.3 Å². The van der Waals surface area contributed by atoms with E-state index in [2.05, 4.69) is 15.3 Å². The predicted octanol–water partition coefficient (Wildman–Crippen LogP) is 2.16. The van der Waals surface area contributed by atoms with Crippen molar-refractivity contribution in [2.24, 2.45) is 0 Å². The smallest absolute Gasteiger partial charge is 0.335 e. The Bertz CT molecular complexity index is 641. The van der Waals surface area contributed by atoms with Crippen molar-refractivity contribution >= 4 is 22.7 Å². The maximum Gasteiger partial charge on any atom is 0.335 e. The molecule has 0 saturated heterocycles. The largest absolute Gasteiger partial charge is 0.478 e. The van der Waals surface area contributed by atoms with E-state index in [9.17, 15) is 4.79 Å². The van der Waals surface area contributed by atoms with Gasteiger partial charge in [-0.05, 0) is 32.0 Å². The molecule has 0 amide bonds. The van der Waals surface area contributed by atoms with Gasteiger partial charge in [-0.15, -0.1) is 0 Å². The summed E-state index contributed by atoms with van der Waals surface area (Å²) < 4.78 is 5.34. The number of ether oxygens (including phenoxy) is 1. The second kappa shape index (κ2) is 5.42. The van der Waals surface area contributed by atoms with E-state index in [1.807, 2.05) is 13.8 Å². The first-order valence-corrected chi connectivity index (χ1v) is 6.20. The summed E-state index contributed by atoms with van der Waals surface area (Å²) in [6.07, 6.45) is 1.41. The van der Waals surface area contributed by atoms with E-state index in [0.717, 1.165) is 5.39 Å². The van der Waals surface area contributed by atoms with E-state index in [1.54, 1.807) is 19.2 Å². The zero-order valence-electron chi connectivity index (χ0n) is 11.7. The van der Waals surface area contributed by atoms with Gasteiger partial charge in [-0.25, -0.2) is 14.8 Å². The molecule has 0 bridgehead atoms. The number of anilines is 1. The molecule has 1 aromatic carbocycles. The highest BCUT2D eigenvalue weighted by Crippen LogP contribution is 2.21. The van der Waals surface area contributed by atoms with Crippen LogP contribution in [-0.4, -0.2) is 40.3 Å². The molecule has 0 unspecified atom stereocenters. The lowest BCUT2D eigenvalue weighted by atomic mass is 10.1. The van der Waals surface area contributed by atoms with Crippen molar-refractivity contribution in [3.8, 4) is 0 Å². The van der Waals surface area contributed by atoms with Crippen molar-refractivity contribution in [1.29, 1.82) is 0 Å². The number of hydrogen-bond acceptors (Lipinski definition) is 5. The summed E-state index contributed by atoms with van der Waals surface area (Å²) in [6, 6.07) is 4.79. The Morgan fingerprint density at radius 3 is 2.80 bits per heavy atom. The molecular weight excluding hydrogens is 258 g/mol. The number of methoxy groups -OCH3 is 1. The minimum absolute atomic E-state index is 0.208. The molecule has 1 aromatic heterocycles. The van der Waals surface area contributed by atoms with Crippen molar-refractivity contribution in [3.63, 3.8) is 0 Å². The Labute approximate surface area is 116 Å². The van der Waals surface area contributed by atoms with Crippen LogP contribution in [0.1, 0.15) is 24.2 Å². The Morgan fingerprint density at radius 2 is 2.15 bits per heavy atom. The van der Waals surface area contributed by atoms with E-state index >= 15 is 0 Å². The molecule has 0 fully saturated rings. The van der Waals surface area contributed by atoms with Crippen LogP contribution in [0.25, 0.3) is 10.9 Å². The van der Waals surface area contributed by atoms with Crippen molar-refractivity contribution < 1.29 is 14.6 Å². The molecule has 0 saturated carbocycles. The third kappa shape index (κ3) is 3.03. The molecule has 0 radical (unpaired) electrons. The maximum atomic E-state index is 11.0. The molecule has 6 heteroatoms. The zero-order valence-corrected chi connectivity index (χ0v) is 11.7. The third-order valence-corrected chi connectivity index (χ3v) is 3.12. The lowest BCUT2D eigenvalue weighted by molar-refractivity contribution is 0.0343. The number of carboxylic acid groups (broad SMARTS) is 1. The highest BCUT2D eigenvalue weighted by atomic mass is 16.5. The molecule has 0 spiro atoms. The molecule has 1 heterocycles. The second-order valence-corrected chi connectivity index (χ2v) is 5.08. The summed E-state index contributed by atoms with van der Waals surface area (Å²) >= 11 is 0. The van der Waals surface area contributed by atoms with Crippen molar-refractivity contribution in [1.82, 2.24) is 9.97 Å². The fourth-order valence-electron chi connectivity index (χ4n) is 1.70. The minimum Gasteiger partial charge on any atom is -0.478 e. The predicted molar refractivity (Wildman–Crippen MR) is 76.1 cm³/mol. The van der Waals surface area contributed by atoms with E-state index in [0.29, 0.717) is 17.9 Å². The van der Waals surface area contributed by atoms with Gasteiger partial charge in [0.05, 0.1) is 16.7 Å². The number of fused-ring (bicyclic) bond motifs is 1. The summed E-state index contributed by atoms with van der Waals surface area (Å²) in [7, 11) is 1.65. The minimum atomic E-state index is -0.972. The highest BCUT2D eigenvalue weighted by Gasteiger charge is 2.17. The van der Waals surface area contributed by atoms with Gasteiger partial charge >= 0.3 is 5.97 Å². The molecule has 0 aliphatic heterocycles. The fraction of sp³-hybridized carbons (Fsp3) is 0.357. The third-order valence-electron chi connectivity index (χ3n) is 3.12. The van der Waals surface area contributed by atoms with Gasteiger partial charge in [0.15, 0.2) is 0 Å². The molecule has 2 rings (SSSR count). The van der Waals surface area contributed by atoms with Gasteiger partial charge < -0.3 is 15.2 Å². The average molecular weight is 275 g/mol. The Balaban J connectivity index is 2.33. The molecular formula is C14H17N3O3. The Hall–Kier alpha value is -2.21. The van der Waals surface area contributed by atoms with Crippen molar-refractivity contribution in [3.05, 3.63) is 30.1 Å². The number of benzene rings is 1. The molecule has 6 nitrogen and oxygen atoms in total. The van der Waals surface area contributed by atoms with Crippen molar-refractivity contribution in [2.45, 2.75) is 19.4 Å². The van der Waals surface area contributed by atoms with Gasteiger partial charge in [-0.2, -0.15) is 0 Å². The van der Waals surface area contributed by atoms with Crippen LogP contribution in [0.5, 0.6) is 0 Å². The number of carbonyl (C=O) groups is 1. The summed E-state index contributed by atoms with van der Waals surface area (Å²) in [5, 5.41) is 13.0.